The second-order valence-electron chi connectivity index (χ2n) is 4.87. The van der Waals surface area contributed by atoms with E-state index in [1.807, 2.05) is 6.92 Å². The first-order valence-electron chi connectivity index (χ1n) is 5.29. The maximum absolute atomic E-state index is 9.76. The molecule has 0 aliphatic carbocycles. The Labute approximate surface area is 90.3 Å². The van der Waals surface area contributed by atoms with E-state index in [0.717, 1.165) is 6.42 Å². The third-order valence-corrected chi connectivity index (χ3v) is 3.00. The van der Waals surface area contributed by atoms with Crippen LogP contribution in [-0.4, -0.2) is 35.1 Å². The molecule has 2 unspecified atom stereocenters. The largest absolute Gasteiger partial charge is 0.396 e. The van der Waals surface area contributed by atoms with E-state index in [9.17, 15) is 10.2 Å². The van der Waals surface area contributed by atoms with Gasteiger partial charge < -0.3 is 10.2 Å². The summed E-state index contributed by atoms with van der Waals surface area (Å²) >= 11 is 0. The zero-order valence-corrected chi connectivity index (χ0v) is 9.62. The van der Waals surface area contributed by atoms with E-state index in [0.29, 0.717) is 13.0 Å². The summed E-state index contributed by atoms with van der Waals surface area (Å²) in [6, 6.07) is 0. The molecule has 1 heterocycles. The molecule has 5 heteroatoms. The first-order chi connectivity index (χ1) is 6.93. The van der Waals surface area contributed by atoms with Gasteiger partial charge in [-0.3, -0.25) is 9.68 Å². The summed E-state index contributed by atoms with van der Waals surface area (Å²) in [5.74, 6) is 0. The Hall–Kier alpha value is -0.200. The molecule has 1 saturated heterocycles. The molecule has 3 N–H and O–H groups in total. The lowest BCUT2D eigenvalue weighted by atomic mass is 9.76. The van der Waals surface area contributed by atoms with Gasteiger partial charge in [0, 0.05) is 11.8 Å². The highest BCUT2D eigenvalue weighted by molar-refractivity contribution is 4.90. The quantitative estimate of drug-likeness (QED) is 0.637. The lowest BCUT2D eigenvalue weighted by molar-refractivity contribution is -0.304. The van der Waals surface area contributed by atoms with E-state index in [2.05, 4.69) is 5.64 Å². The summed E-state index contributed by atoms with van der Waals surface area (Å²) in [6.45, 7) is 5.81. The predicted molar refractivity (Wildman–Crippen MR) is 54.7 cm³/mol. The Kier molecular flexibility index (Phi) is 4.08. The Balaban J connectivity index is 2.73. The molecule has 1 aliphatic heterocycles. The van der Waals surface area contributed by atoms with Gasteiger partial charge >= 0.3 is 0 Å². The molecule has 0 saturated carbocycles. The zero-order chi connectivity index (χ0) is 11.5. The summed E-state index contributed by atoms with van der Waals surface area (Å²) < 4.78 is 0. The summed E-state index contributed by atoms with van der Waals surface area (Å²) in [5.41, 5.74) is 1.11. The van der Waals surface area contributed by atoms with Gasteiger partial charge in [0.05, 0.1) is 24.9 Å². The first kappa shape index (κ1) is 12.9. The second-order valence-corrected chi connectivity index (χ2v) is 4.87. The van der Waals surface area contributed by atoms with Crippen molar-refractivity contribution in [3.8, 4) is 0 Å². The molecule has 1 rings (SSSR count). The van der Waals surface area contributed by atoms with Crippen molar-refractivity contribution in [2.75, 3.05) is 13.2 Å². The Morgan fingerprint density at radius 1 is 1.53 bits per heavy atom. The minimum Gasteiger partial charge on any atom is -0.396 e. The van der Waals surface area contributed by atoms with E-state index in [1.165, 1.54) is 0 Å². The smallest absolute Gasteiger partial charge is 0.0945 e. The Morgan fingerprint density at radius 2 is 2.20 bits per heavy atom. The molecular weight excluding hydrogens is 198 g/mol. The molecule has 0 spiro atoms. The fourth-order valence-corrected chi connectivity index (χ4v) is 1.78. The molecule has 15 heavy (non-hydrogen) atoms. The molecule has 0 bridgehead atoms. The third kappa shape index (κ3) is 3.12. The van der Waals surface area contributed by atoms with E-state index < -0.39 is 11.0 Å². The van der Waals surface area contributed by atoms with Crippen LogP contribution in [0.3, 0.4) is 0 Å². The van der Waals surface area contributed by atoms with Crippen LogP contribution in [0.4, 0.5) is 0 Å². The molecule has 0 aromatic heterocycles. The molecule has 90 valence electrons. The van der Waals surface area contributed by atoms with Crippen molar-refractivity contribution in [1.82, 2.24) is 5.64 Å². The second kappa shape index (κ2) is 4.76. The number of hydrogen-bond donors (Lipinski definition) is 3. The minimum atomic E-state index is -0.820. The standard InChI is InChI=1S/C10H21NO4/c1-4-10(6-12)7-14-11-15-8(10)5-9(2,3)13/h8,11-13H,4-7H2,1-3H3. The highest BCUT2D eigenvalue weighted by atomic mass is 16.9. The average Bonchev–Trinajstić information content (AvgIpc) is 2.17. The normalized spacial score (nSPS) is 33.0. The number of rotatable bonds is 4. The third-order valence-electron chi connectivity index (χ3n) is 3.00. The van der Waals surface area contributed by atoms with Gasteiger partial charge in [0.15, 0.2) is 0 Å². The van der Waals surface area contributed by atoms with Gasteiger partial charge in [0.25, 0.3) is 0 Å². The van der Waals surface area contributed by atoms with Gasteiger partial charge in [0.2, 0.25) is 0 Å². The number of hydrogen-bond acceptors (Lipinski definition) is 5. The van der Waals surface area contributed by atoms with Crippen molar-refractivity contribution in [2.24, 2.45) is 5.41 Å². The number of aliphatic hydroxyl groups excluding tert-OH is 1. The zero-order valence-electron chi connectivity index (χ0n) is 9.62. The van der Waals surface area contributed by atoms with Gasteiger partial charge in [-0.25, -0.2) is 0 Å². The Bertz CT molecular complexity index is 198. The van der Waals surface area contributed by atoms with E-state index >= 15 is 0 Å². The fourth-order valence-electron chi connectivity index (χ4n) is 1.78. The number of aliphatic hydroxyl groups is 2. The maximum Gasteiger partial charge on any atom is 0.0945 e. The molecule has 1 aliphatic rings. The van der Waals surface area contributed by atoms with Gasteiger partial charge in [0.1, 0.15) is 0 Å². The molecule has 1 fully saturated rings. The van der Waals surface area contributed by atoms with Crippen molar-refractivity contribution >= 4 is 0 Å². The van der Waals surface area contributed by atoms with Gasteiger partial charge in [-0.2, -0.15) is 0 Å². The fraction of sp³-hybridized carbons (Fsp3) is 1.00. The minimum absolute atomic E-state index is 0.00801. The molecule has 0 amide bonds. The van der Waals surface area contributed by atoms with Crippen LogP contribution in [0.2, 0.25) is 0 Å². The molecule has 5 nitrogen and oxygen atoms in total. The molecular formula is C10H21NO4. The molecule has 0 radical (unpaired) electrons. The van der Waals surface area contributed by atoms with Crippen LogP contribution < -0.4 is 5.64 Å². The van der Waals surface area contributed by atoms with Gasteiger partial charge in [-0.05, 0) is 20.3 Å². The SMILES string of the molecule is CCC1(CO)CONOC1CC(C)(C)O. The van der Waals surface area contributed by atoms with Crippen LogP contribution in [0.1, 0.15) is 33.6 Å². The summed E-state index contributed by atoms with van der Waals surface area (Å²) in [4.78, 5) is 10.3. The van der Waals surface area contributed by atoms with Crippen LogP contribution in [0, 0.1) is 5.41 Å². The van der Waals surface area contributed by atoms with Crippen molar-refractivity contribution in [3.63, 3.8) is 0 Å². The lowest BCUT2D eigenvalue weighted by Crippen LogP contribution is -2.53. The van der Waals surface area contributed by atoms with Crippen LogP contribution in [0.25, 0.3) is 0 Å². The monoisotopic (exact) mass is 219 g/mol. The van der Waals surface area contributed by atoms with Gasteiger partial charge in [-0.15, -0.1) is 0 Å². The van der Waals surface area contributed by atoms with Crippen LogP contribution in [0.15, 0.2) is 0 Å². The van der Waals surface area contributed by atoms with Crippen LogP contribution in [0.5, 0.6) is 0 Å². The highest BCUT2D eigenvalue weighted by Crippen LogP contribution is 2.35. The average molecular weight is 219 g/mol. The summed E-state index contributed by atoms with van der Waals surface area (Å²) in [6.07, 6.45) is 0.949. The summed E-state index contributed by atoms with van der Waals surface area (Å²) in [7, 11) is 0. The highest BCUT2D eigenvalue weighted by Gasteiger charge is 2.43. The lowest BCUT2D eigenvalue weighted by Gasteiger charge is -2.42. The first-order valence-corrected chi connectivity index (χ1v) is 5.29. The summed E-state index contributed by atoms with van der Waals surface area (Å²) in [5, 5.41) is 19.2. The Morgan fingerprint density at radius 3 is 2.67 bits per heavy atom. The van der Waals surface area contributed by atoms with Crippen molar-refractivity contribution in [3.05, 3.63) is 0 Å². The van der Waals surface area contributed by atoms with E-state index in [-0.39, 0.29) is 12.7 Å². The maximum atomic E-state index is 9.76. The number of nitrogens with one attached hydrogen (secondary N) is 1. The van der Waals surface area contributed by atoms with Gasteiger partial charge in [-0.1, -0.05) is 12.6 Å². The molecule has 0 aromatic carbocycles. The van der Waals surface area contributed by atoms with Crippen molar-refractivity contribution < 1.29 is 19.9 Å². The van der Waals surface area contributed by atoms with E-state index in [4.69, 9.17) is 9.68 Å². The van der Waals surface area contributed by atoms with Crippen molar-refractivity contribution in [2.45, 2.75) is 45.3 Å². The predicted octanol–water partition coefficient (Wildman–Crippen LogP) is 0.371. The molecule has 0 aromatic rings. The van der Waals surface area contributed by atoms with Crippen molar-refractivity contribution in [1.29, 1.82) is 0 Å². The van der Waals surface area contributed by atoms with Crippen LogP contribution in [-0.2, 0) is 9.68 Å². The topological polar surface area (TPSA) is 71.0 Å². The van der Waals surface area contributed by atoms with E-state index in [1.54, 1.807) is 13.8 Å². The molecule has 2 atom stereocenters. The van der Waals surface area contributed by atoms with Crippen LogP contribution >= 0.6 is 0 Å².